The monoisotopic (exact) mass is 506 g/mol. The molecular formula is C23H27BrN2O4S. The van der Waals surface area contributed by atoms with E-state index in [0.717, 1.165) is 34.2 Å². The highest BCUT2D eigenvalue weighted by atomic mass is 79.9. The van der Waals surface area contributed by atoms with Crippen LogP contribution in [0.15, 0.2) is 28.7 Å². The molecule has 1 aliphatic carbocycles. The maximum absolute atomic E-state index is 13.2. The molecule has 166 valence electrons. The predicted octanol–water partition coefficient (Wildman–Crippen LogP) is 5.72. The fourth-order valence-electron chi connectivity index (χ4n) is 3.79. The Hall–Kier alpha value is -2.19. The van der Waals surface area contributed by atoms with Gasteiger partial charge in [-0.1, -0.05) is 36.7 Å². The maximum atomic E-state index is 13.2. The first kappa shape index (κ1) is 23.5. The van der Waals surface area contributed by atoms with Crippen molar-refractivity contribution in [2.45, 2.75) is 52.9 Å². The van der Waals surface area contributed by atoms with Crippen LogP contribution in [0.2, 0.25) is 0 Å². The number of carbonyl (C=O) groups excluding carboxylic acids is 2. The van der Waals surface area contributed by atoms with E-state index in [1.807, 2.05) is 24.3 Å². The second-order valence-corrected chi connectivity index (χ2v) is 10.9. The summed E-state index contributed by atoms with van der Waals surface area (Å²) in [5.74, 6) is -1.19. The van der Waals surface area contributed by atoms with E-state index in [1.54, 1.807) is 0 Å². The molecule has 1 unspecified atom stereocenters. The smallest absolute Gasteiger partial charge is 0.303 e. The van der Waals surface area contributed by atoms with Gasteiger partial charge in [0.15, 0.2) is 0 Å². The molecule has 0 aliphatic heterocycles. The van der Waals surface area contributed by atoms with E-state index < -0.39 is 11.9 Å². The molecule has 8 heteroatoms. The maximum Gasteiger partial charge on any atom is 0.303 e. The van der Waals surface area contributed by atoms with E-state index in [0.29, 0.717) is 22.2 Å². The number of carboxylic acid groups (broad SMARTS) is 1. The van der Waals surface area contributed by atoms with Gasteiger partial charge >= 0.3 is 5.97 Å². The van der Waals surface area contributed by atoms with Crippen molar-refractivity contribution in [1.82, 2.24) is 0 Å². The first-order chi connectivity index (χ1) is 14.5. The van der Waals surface area contributed by atoms with Gasteiger partial charge in [-0.25, -0.2) is 0 Å². The second kappa shape index (κ2) is 9.53. The first-order valence-electron chi connectivity index (χ1n) is 10.3. The topological polar surface area (TPSA) is 95.5 Å². The Labute approximate surface area is 194 Å². The van der Waals surface area contributed by atoms with E-state index >= 15 is 0 Å². The third-order valence-corrected chi connectivity index (χ3v) is 7.34. The Morgan fingerprint density at radius 1 is 1.13 bits per heavy atom. The van der Waals surface area contributed by atoms with Gasteiger partial charge in [-0.2, -0.15) is 0 Å². The predicted molar refractivity (Wildman–Crippen MR) is 127 cm³/mol. The normalized spacial score (nSPS) is 15.8. The molecule has 0 saturated carbocycles. The molecule has 2 aromatic rings. The van der Waals surface area contributed by atoms with Gasteiger partial charge in [0.05, 0.1) is 12.0 Å². The van der Waals surface area contributed by atoms with Crippen LogP contribution < -0.4 is 10.6 Å². The molecule has 3 rings (SSSR count). The fourth-order valence-corrected chi connectivity index (χ4v) is 5.40. The van der Waals surface area contributed by atoms with E-state index in [2.05, 4.69) is 47.3 Å². The van der Waals surface area contributed by atoms with E-state index in [1.165, 1.54) is 11.3 Å². The third-order valence-electron chi connectivity index (χ3n) is 5.64. The number of fused-ring (bicyclic) bond motifs is 1. The number of halogens is 1. The van der Waals surface area contributed by atoms with Crippen molar-refractivity contribution in [3.63, 3.8) is 0 Å². The minimum Gasteiger partial charge on any atom is -0.481 e. The van der Waals surface area contributed by atoms with Gasteiger partial charge in [-0.15, -0.1) is 11.3 Å². The number of amides is 2. The van der Waals surface area contributed by atoms with Crippen LogP contribution in [0.1, 0.15) is 60.8 Å². The number of rotatable bonds is 6. The summed E-state index contributed by atoms with van der Waals surface area (Å²) in [6, 6.07) is 7.31. The van der Waals surface area contributed by atoms with Gasteiger partial charge in [-0.3, -0.25) is 14.4 Å². The molecule has 0 spiro atoms. The number of hydrogen-bond acceptors (Lipinski definition) is 4. The van der Waals surface area contributed by atoms with Crippen molar-refractivity contribution in [3.05, 3.63) is 44.7 Å². The Kier molecular flexibility index (Phi) is 7.21. The lowest BCUT2D eigenvalue weighted by Crippen LogP contribution is -2.27. The summed E-state index contributed by atoms with van der Waals surface area (Å²) in [5, 5.41) is 15.1. The zero-order valence-electron chi connectivity index (χ0n) is 17.9. The van der Waals surface area contributed by atoms with Gasteiger partial charge < -0.3 is 15.7 Å². The lowest BCUT2D eigenvalue weighted by Gasteiger charge is -2.33. The van der Waals surface area contributed by atoms with Gasteiger partial charge in [-0.05, 0) is 60.4 Å². The molecule has 6 nitrogen and oxygen atoms in total. The van der Waals surface area contributed by atoms with E-state index in [4.69, 9.17) is 5.11 Å². The highest BCUT2D eigenvalue weighted by Crippen LogP contribution is 2.44. The van der Waals surface area contributed by atoms with Gasteiger partial charge in [0, 0.05) is 21.5 Å². The molecule has 31 heavy (non-hydrogen) atoms. The molecule has 0 fully saturated rings. The van der Waals surface area contributed by atoms with Crippen molar-refractivity contribution in [3.8, 4) is 0 Å². The molecular weight excluding hydrogens is 480 g/mol. The summed E-state index contributed by atoms with van der Waals surface area (Å²) in [7, 11) is 0. The molecule has 1 aromatic heterocycles. The van der Waals surface area contributed by atoms with E-state index in [-0.39, 0.29) is 24.2 Å². The second-order valence-electron chi connectivity index (χ2n) is 8.92. The van der Waals surface area contributed by atoms with Crippen molar-refractivity contribution < 1.29 is 19.5 Å². The summed E-state index contributed by atoms with van der Waals surface area (Å²) < 4.78 is 0.915. The number of carboxylic acids is 1. The quantitative estimate of drug-likeness (QED) is 0.466. The number of thiophene rings is 1. The van der Waals surface area contributed by atoms with Crippen molar-refractivity contribution in [2.24, 2.45) is 11.3 Å². The average Bonchev–Trinajstić information content (AvgIpc) is 3.04. The van der Waals surface area contributed by atoms with Gasteiger partial charge in [0.1, 0.15) is 5.00 Å². The fraction of sp³-hybridized carbons (Fsp3) is 0.435. The SMILES string of the molecule is CC(C)(C)C1CCc2c(sc(NC(=O)CCC(=O)O)c2C(=O)Nc2ccc(Br)cc2)C1. The average molecular weight is 507 g/mol. The number of carbonyl (C=O) groups is 3. The molecule has 0 saturated heterocycles. The standard InChI is InChI=1S/C23H27BrN2O4S/c1-23(2,3)13-4-9-16-17(12-13)31-22(26-18(27)10-11-19(28)29)20(16)21(30)25-15-7-5-14(24)6-8-15/h5-8,13H,4,9-12H2,1-3H3,(H,25,30)(H,26,27)(H,28,29). The number of benzene rings is 1. The Bertz CT molecular complexity index is 992. The molecule has 3 N–H and O–H groups in total. The molecule has 0 radical (unpaired) electrons. The molecule has 1 aromatic carbocycles. The number of anilines is 2. The van der Waals surface area contributed by atoms with Crippen LogP contribution in [0.3, 0.4) is 0 Å². The van der Waals surface area contributed by atoms with E-state index in [9.17, 15) is 14.4 Å². The number of nitrogens with one attached hydrogen (secondary N) is 2. The van der Waals surface area contributed by atoms with Crippen LogP contribution in [-0.4, -0.2) is 22.9 Å². The third kappa shape index (κ3) is 5.95. The van der Waals surface area contributed by atoms with Crippen LogP contribution in [0.4, 0.5) is 10.7 Å². The molecule has 1 atom stereocenters. The Morgan fingerprint density at radius 2 is 1.81 bits per heavy atom. The van der Waals surface area contributed by atoms with Crippen molar-refractivity contribution >= 4 is 55.7 Å². The van der Waals surface area contributed by atoms with Crippen molar-refractivity contribution in [1.29, 1.82) is 0 Å². The summed E-state index contributed by atoms with van der Waals surface area (Å²) in [5.41, 5.74) is 2.32. The molecule has 2 amide bonds. The number of hydrogen-bond donors (Lipinski definition) is 3. The van der Waals surface area contributed by atoms with Crippen LogP contribution in [0.25, 0.3) is 0 Å². The molecule has 0 bridgehead atoms. The lowest BCUT2D eigenvalue weighted by molar-refractivity contribution is -0.138. The van der Waals surface area contributed by atoms with Crippen LogP contribution in [-0.2, 0) is 22.4 Å². The van der Waals surface area contributed by atoms with Crippen LogP contribution >= 0.6 is 27.3 Å². The lowest BCUT2D eigenvalue weighted by atomic mass is 9.72. The minimum atomic E-state index is -1.03. The summed E-state index contributed by atoms with van der Waals surface area (Å²) >= 11 is 4.82. The highest BCUT2D eigenvalue weighted by molar-refractivity contribution is 9.10. The highest BCUT2D eigenvalue weighted by Gasteiger charge is 2.34. The van der Waals surface area contributed by atoms with Crippen LogP contribution in [0.5, 0.6) is 0 Å². The largest absolute Gasteiger partial charge is 0.481 e. The Morgan fingerprint density at radius 3 is 2.42 bits per heavy atom. The van der Waals surface area contributed by atoms with Gasteiger partial charge in [0.2, 0.25) is 5.91 Å². The summed E-state index contributed by atoms with van der Waals surface area (Å²) in [6.07, 6.45) is 2.26. The molecule has 1 aliphatic rings. The Balaban J connectivity index is 1.90. The minimum absolute atomic E-state index is 0.129. The zero-order valence-corrected chi connectivity index (χ0v) is 20.3. The number of aliphatic carboxylic acids is 1. The summed E-state index contributed by atoms with van der Waals surface area (Å²) in [4.78, 5) is 37.5. The zero-order chi connectivity index (χ0) is 22.8. The van der Waals surface area contributed by atoms with Crippen molar-refractivity contribution in [2.75, 3.05) is 10.6 Å². The van der Waals surface area contributed by atoms with Crippen LogP contribution in [0, 0.1) is 11.3 Å². The molecule has 1 heterocycles. The summed E-state index contributed by atoms with van der Waals surface area (Å²) in [6.45, 7) is 6.68. The van der Waals surface area contributed by atoms with Gasteiger partial charge in [0.25, 0.3) is 5.91 Å². The first-order valence-corrected chi connectivity index (χ1v) is 11.9.